The Labute approximate surface area is 177 Å². The zero-order chi connectivity index (χ0) is 22.3. The van der Waals surface area contributed by atoms with E-state index in [0.29, 0.717) is 5.56 Å². The lowest BCUT2D eigenvalue weighted by Crippen LogP contribution is -1.99. The topological polar surface area (TPSA) is 98.0 Å². The predicted octanol–water partition coefficient (Wildman–Crippen LogP) is 5.64. The van der Waals surface area contributed by atoms with Crippen LogP contribution in [0.15, 0.2) is 59.7 Å². The lowest BCUT2D eigenvalue weighted by molar-refractivity contribution is 0.104. The summed E-state index contributed by atoms with van der Waals surface area (Å²) in [6.07, 6.45) is 8.77. The molecule has 2 aromatic rings. The van der Waals surface area contributed by atoms with Gasteiger partial charge < -0.3 is 20.4 Å². The largest absolute Gasteiger partial charge is 0.508 e. The first-order valence-corrected chi connectivity index (χ1v) is 9.76. The number of phenols is 4. The predicted molar refractivity (Wildman–Crippen MR) is 119 cm³/mol. The van der Waals surface area contributed by atoms with Crippen LogP contribution in [0.2, 0.25) is 0 Å². The maximum atomic E-state index is 12.6. The molecule has 0 spiro atoms. The normalized spacial score (nSPS) is 11.6. The average molecular weight is 408 g/mol. The molecule has 0 saturated heterocycles. The highest BCUT2D eigenvalue weighted by Crippen LogP contribution is 2.38. The number of allylic oxidation sites excluding steroid dienone is 5. The molecule has 0 unspecified atom stereocenters. The maximum Gasteiger partial charge on any atom is 0.193 e. The average Bonchev–Trinajstić information content (AvgIpc) is 2.66. The fourth-order valence-electron chi connectivity index (χ4n) is 2.93. The van der Waals surface area contributed by atoms with Gasteiger partial charge >= 0.3 is 0 Å². The Morgan fingerprint density at radius 1 is 0.933 bits per heavy atom. The van der Waals surface area contributed by atoms with Crippen LogP contribution in [-0.4, -0.2) is 26.2 Å². The molecule has 0 heterocycles. The van der Waals surface area contributed by atoms with Crippen molar-refractivity contribution in [2.75, 3.05) is 0 Å². The van der Waals surface area contributed by atoms with E-state index in [2.05, 4.69) is 6.08 Å². The Balaban J connectivity index is 2.24. The number of ketones is 1. The number of benzene rings is 2. The second-order valence-electron chi connectivity index (χ2n) is 7.48. The third-order valence-corrected chi connectivity index (χ3v) is 4.67. The van der Waals surface area contributed by atoms with E-state index in [4.69, 9.17) is 0 Å². The van der Waals surface area contributed by atoms with Crippen molar-refractivity contribution in [1.82, 2.24) is 0 Å². The molecular weight excluding hydrogens is 380 g/mol. The second-order valence-corrected chi connectivity index (χ2v) is 7.48. The summed E-state index contributed by atoms with van der Waals surface area (Å²) in [7, 11) is 0. The summed E-state index contributed by atoms with van der Waals surface area (Å²) in [5.41, 5.74) is 2.96. The van der Waals surface area contributed by atoms with Crippen molar-refractivity contribution in [2.24, 2.45) is 0 Å². The van der Waals surface area contributed by atoms with Gasteiger partial charge in [-0.3, -0.25) is 4.79 Å². The summed E-state index contributed by atoms with van der Waals surface area (Å²) < 4.78 is 0. The van der Waals surface area contributed by atoms with Gasteiger partial charge in [-0.2, -0.15) is 0 Å². The number of phenolic OH excluding ortho intramolecular Hbond substituents is 4. The highest BCUT2D eigenvalue weighted by Gasteiger charge is 2.20. The van der Waals surface area contributed by atoms with Gasteiger partial charge in [0.2, 0.25) is 0 Å². The van der Waals surface area contributed by atoms with Crippen LogP contribution in [0.3, 0.4) is 0 Å². The third-order valence-electron chi connectivity index (χ3n) is 4.67. The molecule has 4 N–H and O–H groups in total. The van der Waals surface area contributed by atoms with Gasteiger partial charge in [-0.25, -0.2) is 0 Å². The van der Waals surface area contributed by atoms with Gasteiger partial charge in [-0.1, -0.05) is 41.5 Å². The summed E-state index contributed by atoms with van der Waals surface area (Å²) in [6, 6.07) is 7.31. The van der Waals surface area contributed by atoms with Crippen molar-refractivity contribution < 1.29 is 25.2 Å². The van der Waals surface area contributed by atoms with Gasteiger partial charge in [-0.15, -0.1) is 0 Å². The summed E-state index contributed by atoms with van der Waals surface area (Å²) in [6.45, 7) is 6.06. The van der Waals surface area contributed by atoms with E-state index in [1.165, 1.54) is 29.9 Å². The van der Waals surface area contributed by atoms with Crippen molar-refractivity contribution in [3.63, 3.8) is 0 Å². The van der Waals surface area contributed by atoms with Crippen molar-refractivity contribution in [3.05, 3.63) is 76.4 Å². The van der Waals surface area contributed by atoms with Crippen LogP contribution in [-0.2, 0) is 6.42 Å². The number of aromatic hydroxyl groups is 4. The Hall–Kier alpha value is -3.47. The van der Waals surface area contributed by atoms with Crippen molar-refractivity contribution in [1.29, 1.82) is 0 Å². The Morgan fingerprint density at radius 2 is 1.60 bits per heavy atom. The molecule has 158 valence electrons. The van der Waals surface area contributed by atoms with E-state index in [9.17, 15) is 25.2 Å². The molecule has 30 heavy (non-hydrogen) atoms. The minimum absolute atomic E-state index is 0.112. The van der Waals surface area contributed by atoms with Crippen LogP contribution >= 0.6 is 0 Å². The molecule has 5 nitrogen and oxygen atoms in total. The highest BCUT2D eigenvalue weighted by molar-refractivity contribution is 6.10. The molecule has 0 aliphatic heterocycles. The Morgan fingerprint density at radius 3 is 2.23 bits per heavy atom. The van der Waals surface area contributed by atoms with E-state index < -0.39 is 17.3 Å². The van der Waals surface area contributed by atoms with Crippen LogP contribution in [0.4, 0.5) is 0 Å². The number of hydrogen-bond donors (Lipinski definition) is 4. The SMILES string of the molecule is CC(C)=CCC/C(C)=C/Cc1c(O)cc(O)c(C(=O)/C=C/c2ccc(O)cc2)c1O. The monoisotopic (exact) mass is 408 g/mol. The van der Waals surface area contributed by atoms with Gasteiger partial charge in [0.05, 0.1) is 0 Å². The van der Waals surface area contributed by atoms with Crippen LogP contribution < -0.4 is 0 Å². The smallest absolute Gasteiger partial charge is 0.193 e. The summed E-state index contributed by atoms with van der Waals surface area (Å²) in [4.78, 5) is 12.6. The molecule has 2 aromatic carbocycles. The summed E-state index contributed by atoms with van der Waals surface area (Å²) in [5.74, 6) is -1.67. The minimum Gasteiger partial charge on any atom is -0.508 e. The quantitative estimate of drug-likeness (QED) is 0.257. The Kier molecular flexibility index (Phi) is 7.87. The molecule has 0 fully saturated rings. The van der Waals surface area contributed by atoms with E-state index >= 15 is 0 Å². The first-order chi connectivity index (χ1) is 14.2. The lowest BCUT2D eigenvalue weighted by Gasteiger charge is -2.11. The molecule has 0 radical (unpaired) electrons. The van der Waals surface area contributed by atoms with E-state index in [1.807, 2.05) is 26.8 Å². The van der Waals surface area contributed by atoms with Gasteiger partial charge in [0.25, 0.3) is 0 Å². The van der Waals surface area contributed by atoms with Crippen LogP contribution in [0.1, 0.15) is 55.1 Å². The molecule has 0 amide bonds. The molecule has 0 aliphatic rings. The van der Waals surface area contributed by atoms with Crippen molar-refractivity contribution in [3.8, 4) is 23.0 Å². The highest BCUT2D eigenvalue weighted by atomic mass is 16.3. The molecule has 0 bridgehead atoms. The molecule has 0 aliphatic carbocycles. The van der Waals surface area contributed by atoms with Crippen molar-refractivity contribution >= 4 is 11.9 Å². The standard InChI is InChI=1S/C25H28O5/c1-16(2)5-4-6-17(3)7-13-20-22(28)15-23(29)24(25(20)30)21(27)14-10-18-8-11-19(26)12-9-18/h5,7-12,14-15,26,28-30H,4,6,13H2,1-3H3/b14-10+,17-7+. The molecule has 0 saturated carbocycles. The summed E-state index contributed by atoms with van der Waals surface area (Å²) >= 11 is 0. The summed E-state index contributed by atoms with van der Waals surface area (Å²) in [5, 5.41) is 40.2. The minimum atomic E-state index is -0.594. The molecular formula is C25H28O5. The van der Waals surface area contributed by atoms with Gasteiger partial charge in [0.15, 0.2) is 5.78 Å². The van der Waals surface area contributed by atoms with Crippen LogP contribution in [0, 0.1) is 0 Å². The van der Waals surface area contributed by atoms with E-state index in [1.54, 1.807) is 12.1 Å². The third kappa shape index (κ3) is 6.27. The number of rotatable bonds is 8. The zero-order valence-electron chi connectivity index (χ0n) is 17.5. The number of carbonyl (C=O) groups is 1. The molecule has 5 heteroatoms. The Bertz CT molecular complexity index is 991. The molecule has 0 aromatic heterocycles. The van der Waals surface area contributed by atoms with Crippen molar-refractivity contribution in [2.45, 2.75) is 40.0 Å². The fourth-order valence-corrected chi connectivity index (χ4v) is 2.93. The number of carbonyl (C=O) groups excluding carboxylic acids is 1. The zero-order valence-corrected chi connectivity index (χ0v) is 17.5. The first-order valence-electron chi connectivity index (χ1n) is 9.76. The van der Waals surface area contributed by atoms with Gasteiger partial charge in [0.1, 0.15) is 28.6 Å². The molecule has 0 atom stereocenters. The van der Waals surface area contributed by atoms with Crippen LogP contribution in [0.25, 0.3) is 6.08 Å². The molecule has 2 rings (SSSR count). The lowest BCUT2D eigenvalue weighted by atomic mass is 9.98. The van der Waals surface area contributed by atoms with E-state index in [0.717, 1.165) is 24.5 Å². The number of hydrogen-bond acceptors (Lipinski definition) is 5. The van der Waals surface area contributed by atoms with E-state index in [-0.39, 0.29) is 29.0 Å². The first kappa shape index (κ1) is 22.8. The van der Waals surface area contributed by atoms with Gasteiger partial charge in [-0.05, 0) is 63.8 Å². The maximum absolute atomic E-state index is 12.6. The van der Waals surface area contributed by atoms with Crippen LogP contribution in [0.5, 0.6) is 23.0 Å². The van der Waals surface area contributed by atoms with Gasteiger partial charge in [0, 0.05) is 11.6 Å². The second kappa shape index (κ2) is 10.3. The fraction of sp³-hybridized carbons (Fsp3) is 0.240.